The molecule has 0 aliphatic carbocycles. The van der Waals surface area contributed by atoms with Gasteiger partial charge in [0.1, 0.15) is 0 Å². The molecule has 0 bridgehead atoms. The Morgan fingerprint density at radius 2 is 1.61 bits per heavy atom. The van der Waals surface area contributed by atoms with Crippen molar-refractivity contribution in [3.8, 4) is 0 Å². The van der Waals surface area contributed by atoms with Crippen molar-refractivity contribution in [1.82, 2.24) is 4.31 Å². The summed E-state index contributed by atoms with van der Waals surface area (Å²) < 4.78 is 53.2. The molecule has 1 aliphatic heterocycles. The maximum Gasteiger partial charge on any atom is 0.416 e. The lowest BCUT2D eigenvalue weighted by Crippen LogP contribution is -2.36. The minimum Gasteiger partial charge on any atom is -0.322 e. The highest BCUT2D eigenvalue weighted by Crippen LogP contribution is 2.30. The normalized spacial score (nSPS) is 17.7. The molecule has 0 spiro atoms. The van der Waals surface area contributed by atoms with Crippen LogP contribution in [0.25, 0.3) is 0 Å². The van der Waals surface area contributed by atoms with Gasteiger partial charge in [-0.25, -0.2) is 8.51 Å². The molecule has 0 saturated carbocycles. The largest absolute Gasteiger partial charge is 0.416 e. The maximum atomic E-state index is 13.4. The number of nitrogens with one attached hydrogen (secondary N) is 1. The van der Waals surface area contributed by atoms with E-state index in [1.165, 1.54) is 12.1 Å². The molecular formula is C20H21F3N2O2S. The first kappa shape index (κ1) is 20.4. The van der Waals surface area contributed by atoms with Gasteiger partial charge in [-0.05, 0) is 55.1 Å². The van der Waals surface area contributed by atoms with Crippen LogP contribution in [0.3, 0.4) is 0 Å². The number of amides is 1. The standard InChI is InChI=1S/C20H21F3N2O2S/c1-28(27,25-13-5-2-6-14-25)18-8-4-3-7-17(18)19(26)24-16-11-9-15(10-12-16)20(21,22)23/h3-4,7-12H,1-2,5-6,13-14H2,(H,24,26). The minimum absolute atomic E-state index is 0.202. The van der Waals surface area contributed by atoms with Crippen LogP contribution in [0.5, 0.6) is 0 Å². The van der Waals surface area contributed by atoms with E-state index in [1.807, 2.05) is 0 Å². The first-order valence-electron chi connectivity index (χ1n) is 8.89. The zero-order chi connectivity index (χ0) is 20.4. The Kier molecular flexibility index (Phi) is 5.81. The fourth-order valence-corrected chi connectivity index (χ4v) is 5.09. The molecule has 1 N–H and O–H groups in total. The Morgan fingerprint density at radius 3 is 2.21 bits per heavy atom. The highest BCUT2D eigenvalue weighted by atomic mass is 32.2. The number of carbonyl (C=O) groups excluding carboxylic acids is 1. The van der Waals surface area contributed by atoms with E-state index < -0.39 is 27.4 Å². The maximum absolute atomic E-state index is 13.4. The number of rotatable bonds is 4. The van der Waals surface area contributed by atoms with E-state index in [9.17, 15) is 22.2 Å². The van der Waals surface area contributed by atoms with Gasteiger partial charge in [0.2, 0.25) is 0 Å². The van der Waals surface area contributed by atoms with Crippen molar-refractivity contribution >= 4 is 27.2 Å². The smallest absolute Gasteiger partial charge is 0.322 e. The Hall–Kier alpha value is -2.32. The molecule has 1 fully saturated rings. The number of hydrogen-bond donors (Lipinski definition) is 1. The fraction of sp³-hybridized carbons (Fsp3) is 0.300. The van der Waals surface area contributed by atoms with Crippen molar-refractivity contribution in [3.63, 3.8) is 0 Å². The molecule has 1 heterocycles. The highest BCUT2D eigenvalue weighted by Gasteiger charge is 2.30. The number of halogens is 3. The molecule has 1 aliphatic rings. The number of carbonyl (C=O) groups is 1. The van der Waals surface area contributed by atoms with Crippen LogP contribution in [-0.4, -0.2) is 33.4 Å². The highest BCUT2D eigenvalue weighted by molar-refractivity contribution is 7.98. The second-order valence-electron chi connectivity index (χ2n) is 6.66. The molecule has 1 amide bonds. The van der Waals surface area contributed by atoms with E-state index >= 15 is 0 Å². The summed E-state index contributed by atoms with van der Waals surface area (Å²) in [6.45, 7) is 1.30. The molecule has 2 aromatic carbocycles. The van der Waals surface area contributed by atoms with Gasteiger partial charge in [0.05, 0.1) is 25.7 Å². The van der Waals surface area contributed by atoms with E-state index in [4.69, 9.17) is 0 Å². The van der Waals surface area contributed by atoms with Gasteiger partial charge in [0.15, 0.2) is 0 Å². The number of piperidine rings is 1. The van der Waals surface area contributed by atoms with E-state index in [0.29, 0.717) is 18.0 Å². The average Bonchev–Trinajstić information content (AvgIpc) is 2.68. The summed E-state index contributed by atoms with van der Waals surface area (Å²) in [5, 5.41) is 2.57. The molecule has 150 valence electrons. The lowest BCUT2D eigenvalue weighted by atomic mass is 10.1. The number of anilines is 1. The Balaban J connectivity index is 1.85. The Labute approximate surface area is 162 Å². The summed E-state index contributed by atoms with van der Waals surface area (Å²) >= 11 is 0. The Morgan fingerprint density at radius 1 is 1.00 bits per heavy atom. The molecule has 0 aromatic heterocycles. The van der Waals surface area contributed by atoms with Crippen molar-refractivity contribution in [2.75, 3.05) is 18.4 Å². The van der Waals surface area contributed by atoms with Crippen LogP contribution >= 0.6 is 0 Å². The number of nitrogens with zero attached hydrogens (tertiary/aromatic N) is 1. The van der Waals surface area contributed by atoms with Gasteiger partial charge in [-0.3, -0.25) is 4.79 Å². The van der Waals surface area contributed by atoms with Gasteiger partial charge in [0, 0.05) is 18.8 Å². The summed E-state index contributed by atoms with van der Waals surface area (Å²) in [7, 11) is -2.83. The third-order valence-corrected chi connectivity index (χ3v) is 6.92. The molecule has 3 rings (SSSR count). The van der Waals surface area contributed by atoms with Crippen LogP contribution in [-0.2, 0) is 15.9 Å². The van der Waals surface area contributed by atoms with E-state index in [0.717, 1.165) is 31.4 Å². The SMILES string of the molecule is C=S(=O)(c1ccccc1C(=O)Nc1ccc(C(F)(F)F)cc1)N1CCCCC1. The second-order valence-corrected chi connectivity index (χ2v) is 8.89. The van der Waals surface area contributed by atoms with Crippen molar-refractivity contribution in [3.05, 3.63) is 59.7 Å². The first-order chi connectivity index (χ1) is 13.2. The zero-order valence-electron chi connectivity index (χ0n) is 15.2. The molecule has 1 unspecified atom stereocenters. The lowest BCUT2D eigenvalue weighted by molar-refractivity contribution is -0.137. The van der Waals surface area contributed by atoms with Crippen LogP contribution in [0.1, 0.15) is 35.2 Å². The molecular weight excluding hydrogens is 389 g/mol. The summed E-state index contributed by atoms with van der Waals surface area (Å²) in [4.78, 5) is 13.1. The number of benzene rings is 2. The van der Waals surface area contributed by atoms with Crippen LogP contribution in [0, 0.1) is 0 Å². The Bertz CT molecular complexity index is 948. The third kappa shape index (κ3) is 4.39. The van der Waals surface area contributed by atoms with Gasteiger partial charge < -0.3 is 5.32 Å². The predicted molar refractivity (Wildman–Crippen MR) is 105 cm³/mol. The predicted octanol–water partition coefficient (Wildman–Crippen LogP) is 4.43. The van der Waals surface area contributed by atoms with Gasteiger partial charge in [-0.2, -0.15) is 13.2 Å². The zero-order valence-corrected chi connectivity index (χ0v) is 16.0. The lowest BCUT2D eigenvalue weighted by Gasteiger charge is -2.30. The summed E-state index contributed by atoms with van der Waals surface area (Å²) in [5.41, 5.74) is -0.369. The summed E-state index contributed by atoms with van der Waals surface area (Å²) in [5.74, 6) is 3.36. The van der Waals surface area contributed by atoms with Gasteiger partial charge in [0.25, 0.3) is 5.91 Å². The van der Waals surface area contributed by atoms with Crippen molar-refractivity contribution in [2.45, 2.75) is 30.3 Å². The molecule has 28 heavy (non-hydrogen) atoms. The fourth-order valence-electron chi connectivity index (χ4n) is 3.17. The van der Waals surface area contributed by atoms with Crippen molar-refractivity contribution in [1.29, 1.82) is 0 Å². The molecule has 4 nitrogen and oxygen atoms in total. The number of alkyl halides is 3. The summed E-state index contributed by atoms with van der Waals surface area (Å²) in [6, 6.07) is 10.7. The summed E-state index contributed by atoms with van der Waals surface area (Å²) in [6.07, 6.45) is -1.52. The molecule has 1 saturated heterocycles. The minimum atomic E-state index is -4.44. The monoisotopic (exact) mass is 410 g/mol. The van der Waals surface area contributed by atoms with E-state index in [-0.39, 0.29) is 11.3 Å². The van der Waals surface area contributed by atoms with Crippen LogP contribution in [0.15, 0.2) is 53.4 Å². The third-order valence-electron chi connectivity index (χ3n) is 4.68. The van der Waals surface area contributed by atoms with Gasteiger partial charge in [-0.1, -0.05) is 18.6 Å². The van der Waals surface area contributed by atoms with Gasteiger partial charge in [-0.15, -0.1) is 0 Å². The average molecular weight is 410 g/mol. The molecule has 8 heteroatoms. The van der Waals surface area contributed by atoms with E-state index in [1.54, 1.807) is 28.6 Å². The topological polar surface area (TPSA) is 49.4 Å². The molecule has 0 radical (unpaired) electrons. The van der Waals surface area contributed by atoms with E-state index in [2.05, 4.69) is 11.2 Å². The molecule has 2 aromatic rings. The molecule has 1 atom stereocenters. The quantitative estimate of drug-likeness (QED) is 0.758. The van der Waals surface area contributed by atoms with Crippen molar-refractivity contribution in [2.24, 2.45) is 0 Å². The van der Waals surface area contributed by atoms with Crippen LogP contribution < -0.4 is 5.32 Å². The van der Waals surface area contributed by atoms with Crippen LogP contribution in [0.2, 0.25) is 0 Å². The second kappa shape index (κ2) is 7.97. The van der Waals surface area contributed by atoms with Crippen LogP contribution in [0.4, 0.5) is 18.9 Å². The first-order valence-corrected chi connectivity index (χ1v) is 10.6. The van der Waals surface area contributed by atoms with Crippen molar-refractivity contribution < 1.29 is 22.2 Å². The number of hydrogen-bond acceptors (Lipinski definition) is 2. The van der Waals surface area contributed by atoms with Gasteiger partial charge >= 0.3 is 6.18 Å².